The molecular formula is C14H26N4O. The molecule has 0 saturated carbocycles. The molecule has 1 unspecified atom stereocenters. The number of likely N-dealkylation sites (N-methyl/N-ethyl adjacent to an activating group) is 1. The van der Waals surface area contributed by atoms with E-state index in [4.69, 9.17) is 9.72 Å². The Kier molecular flexibility index (Phi) is 5.54. The molecule has 1 atom stereocenters. The van der Waals surface area contributed by atoms with E-state index in [1.165, 1.54) is 0 Å². The molecule has 0 aliphatic heterocycles. The summed E-state index contributed by atoms with van der Waals surface area (Å²) >= 11 is 0. The van der Waals surface area contributed by atoms with Crippen LogP contribution in [0.4, 0.5) is 11.6 Å². The van der Waals surface area contributed by atoms with Gasteiger partial charge in [-0.2, -0.15) is 0 Å². The molecule has 0 aliphatic carbocycles. The van der Waals surface area contributed by atoms with Gasteiger partial charge in [0.05, 0.1) is 12.6 Å². The number of aromatic nitrogens is 2. The van der Waals surface area contributed by atoms with Crippen LogP contribution in [0, 0.1) is 6.92 Å². The quantitative estimate of drug-likeness (QED) is 0.857. The molecule has 19 heavy (non-hydrogen) atoms. The number of ether oxygens (including phenoxy) is 1. The summed E-state index contributed by atoms with van der Waals surface area (Å²) in [4.78, 5) is 11.4. The van der Waals surface area contributed by atoms with E-state index in [1.54, 1.807) is 7.11 Å². The van der Waals surface area contributed by atoms with Crippen LogP contribution in [0.2, 0.25) is 0 Å². The summed E-state index contributed by atoms with van der Waals surface area (Å²) < 4.78 is 5.22. The molecule has 5 nitrogen and oxygen atoms in total. The van der Waals surface area contributed by atoms with Gasteiger partial charge in [0.15, 0.2) is 0 Å². The smallest absolute Gasteiger partial charge is 0.137 e. The summed E-state index contributed by atoms with van der Waals surface area (Å²) in [7, 11) is 5.65. The molecule has 0 fully saturated rings. The van der Waals surface area contributed by atoms with Gasteiger partial charge >= 0.3 is 0 Å². The van der Waals surface area contributed by atoms with Crippen LogP contribution in [-0.2, 0) is 4.74 Å². The van der Waals surface area contributed by atoms with Crippen molar-refractivity contribution in [3.63, 3.8) is 0 Å². The molecule has 0 saturated heterocycles. The van der Waals surface area contributed by atoms with E-state index in [-0.39, 0.29) is 6.04 Å². The SMILES string of the molecule is CNc1nc(C(C)C)nc(N(C)C(C)COC)c1C. The summed E-state index contributed by atoms with van der Waals surface area (Å²) in [6, 6.07) is 0.267. The lowest BCUT2D eigenvalue weighted by molar-refractivity contribution is 0.183. The Labute approximate surface area is 116 Å². The Balaban J connectivity index is 3.21. The maximum Gasteiger partial charge on any atom is 0.137 e. The zero-order valence-corrected chi connectivity index (χ0v) is 13.1. The van der Waals surface area contributed by atoms with Crippen LogP contribution in [0.15, 0.2) is 0 Å². The average molecular weight is 266 g/mol. The van der Waals surface area contributed by atoms with Crippen molar-refractivity contribution in [2.24, 2.45) is 0 Å². The number of anilines is 2. The van der Waals surface area contributed by atoms with Gasteiger partial charge in [-0.25, -0.2) is 9.97 Å². The fraction of sp³-hybridized carbons (Fsp3) is 0.714. The van der Waals surface area contributed by atoms with Crippen LogP contribution in [0.3, 0.4) is 0 Å². The Morgan fingerprint density at radius 1 is 1.26 bits per heavy atom. The van der Waals surface area contributed by atoms with Crippen LogP contribution >= 0.6 is 0 Å². The number of hydrogen-bond donors (Lipinski definition) is 1. The van der Waals surface area contributed by atoms with E-state index in [0.29, 0.717) is 12.5 Å². The largest absolute Gasteiger partial charge is 0.383 e. The maximum absolute atomic E-state index is 5.22. The van der Waals surface area contributed by atoms with Crippen molar-refractivity contribution < 1.29 is 4.74 Å². The molecule has 0 spiro atoms. The highest BCUT2D eigenvalue weighted by atomic mass is 16.5. The van der Waals surface area contributed by atoms with E-state index in [9.17, 15) is 0 Å². The van der Waals surface area contributed by atoms with E-state index in [0.717, 1.165) is 23.0 Å². The predicted octanol–water partition coefficient (Wildman–Crippen LogP) is 2.42. The molecule has 5 heteroatoms. The minimum atomic E-state index is 0.267. The first-order valence-corrected chi connectivity index (χ1v) is 6.70. The van der Waals surface area contributed by atoms with Crippen molar-refractivity contribution in [1.29, 1.82) is 0 Å². The summed E-state index contributed by atoms with van der Waals surface area (Å²) in [6.07, 6.45) is 0. The summed E-state index contributed by atoms with van der Waals surface area (Å²) in [5.41, 5.74) is 1.07. The minimum Gasteiger partial charge on any atom is -0.383 e. The first-order chi connectivity index (χ1) is 8.92. The van der Waals surface area contributed by atoms with Crippen LogP contribution < -0.4 is 10.2 Å². The normalized spacial score (nSPS) is 12.6. The molecule has 1 heterocycles. The van der Waals surface area contributed by atoms with Gasteiger partial charge in [0.25, 0.3) is 0 Å². The van der Waals surface area contributed by atoms with Gasteiger partial charge in [-0.05, 0) is 13.8 Å². The summed E-state index contributed by atoms with van der Waals surface area (Å²) in [6.45, 7) is 9.05. The highest BCUT2D eigenvalue weighted by Gasteiger charge is 2.18. The molecule has 0 radical (unpaired) electrons. The van der Waals surface area contributed by atoms with Gasteiger partial charge in [-0.15, -0.1) is 0 Å². The monoisotopic (exact) mass is 266 g/mol. The van der Waals surface area contributed by atoms with Crippen molar-refractivity contribution in [3.05, 3.63) is 11.4 Å². The summed E-state index contributed by atoms with van der Waals surface area (Å²) in [5.74, 6) is 3.02. The third-order valence-corrected chi connectivity index (χ3v) is 3.29. The third kappa shape index (κ3) is 3.56. The number of methoxy groups -OCH3 is 1. The van der Waals surface area contributed by atoms with Gasteiger partial charge in [-0.1, -0.05) is 13.8 Å². The second-order valence-corrected chi connectivity index (χ2v) is 5.20. The minimum absolute atomic E-state index is 0.267. The Morgan fingerprint density at radius 3 is 2.37 bits per heavy atom. The molecule has 108 valence electrons. The van der Waals surface area contributed by atoms with Crippen molar-refractivity contribution in [2.75, 3.05) is 38.0 Å². The Bertz CT molecular complexity index is 420. The van der Waals surface area contributed by atoms with Gasteiger partial charge in [0.2, 0.25) is 0 Å². The van der Waals surface area contributed by atoms with Crippen molar-refractivity contribution in [3.8, 4) is 0 Å². The van der Waals surface area contributed by atoms with Crippen LogP contribution in [0.25, 0.3) is 0 Å². The number of hydrogen-bond acceptors (Lipinski definition) is 5. The standard InChI is InChI=1S/C14H26N4O/c1-9(2)12-16-13(15-5)11(4)14(17-12)18(6)10(3)8-19-7/h9-10H,8H2,1-7H3,(H,15,16,17). The zero-order chi connectivity index (χ0) is 14.6. The van der Waals surface area contributed by atoms with Crippen molar-refractivity contribution >= 4 is 11.6 Å². The molecule has 0 bridgehead atoms. The van der Waals surface area contributed by atoms with Gasteiger partial charge in [0.1, 0.15) is 17.5 Å². The highest BCUT2D eigenvalue weighted by molar-refractivity contribution is 5.58. The molecule has 0 aromatic carbocycles. The van der Waals surface area contributed by atoms with E-state index in [1.807, 2.05) is 21.0 Å². The number of nitrogens with one attached hydrogen (secondary N) is 1. The van der Waals surface area contributed by atoms with Crippen molar-refractivity contribution in [1.82, 2.24) is 9.97 Å². The van der Waals surface area contributed by atoms with Gasteiger partial charge in [0, 0.05) is 32.7 Å². The van der Waals surface area contributed by atoms with E-state index >= 15 is 0 Å². The van der Waals surface area contributed by atoms with Crippen LogP contribution in [0.5, 0.6) is 0 Å². The van der Waals surface area contributed by atoms with E-state index < -0.39 is 0 Å². The van der Waals surface area contributed by atoms with E-state index in [2.05, 4.69) is 36.0 Å². The fourth-order valence-electron chi connectivity index (χ4n) is 1.93. The van der Waals surface area contributed by atoms with Crippen LogP contribution in [-0.4, -0.2) is 43.8 Å². The molecular weight excluding hydrogens is 240 g/mol. The molecule has 0 amide bonds. The first kappa shape index (κ1) is 15.7. The highest BCUT2D eigenvalue weighted by Crippen LogP contribution is 2.26. The van der Waals surface area contributed by atoms with Gasteiger partial charge in [-0.3, -0.25) is 0 Å². The third-order valence-electron chi connectivity index (χ3n) is 3.29. The molecule has 1 rings (SSSR count). The first-order valence-electron chi connectivity index (χ1n) is 6.70. The maximum atomic E-state index is 5.22. The molecule has 1 aromatic heterocycles. The molecule has 1 N–H and O–H groups in total. The lowest BCUT2D eigenvalue weighted by Gasteiger charge is -2.28. The lowest BCUT2D eigenvalue weighted by Crippen LogP contribution is -2.34. The zero-order valence-electron chi connectivity index (χ0n) is 13.1. The lowest BCUT2D eigenvalue weighted by atomic mass is 10.2. The second-order valence-electron chi connectivity index (χ2n) is 5.20. The van der Waals surface area contributed by atoms with Crippen molar-refractivity contribution in [2.45, 2.75) is 39.7 Å². The molecule has 1 aromatic rings. The number of rotatable bonds is 6. The van der Waals surface area contributed by atoms with Gasteiger partial charge < -0.3 is 15.0 Å². The number of nitrogens with zero attached hydrogens (tertiary/aromatic N) is 3. The molecule has 0 aliphatic rings. The fourth-order valence-corrected chi connectivity index (χ4v) is 1.93. The summed E-state index contributed by atoms with van der Waals surface area (Å²) in [5, 5.41) is 3.15. The topological polar surface area (TPSA) is 50.3 Å². The predicted molar refractivity (Wildman–Crippen MR) is 80.1 cm³/mol. The average Bonchev–Trinajstić information content (AvgIpc) is 2.38. The Morgan fingerprint density at radius 2 is 1.89 bits per heavy atom. The Hall–Kier alpha value is -1.36. The van der Waals surface area contributed by atoms with Crippen LogP contribution in [0.1, 0.15) is 38.1 Å². The second kappa shape index (κ2) is 6.70.